The van der Waals surface area contributed by atoms with Crippen LogP contribution in [0.2, 0.25) is 0 Å². The van der Waals surface area contributed by atoms with Crippen LogP contribution in [0.15, 0.2) is 81.2 Å². The minimum Gasteiger partial charge on any atom is -0.459 e. The van der Waals surface area contributed by atoms with Gasteiger partial charge in [-0.3, -0.25) is 14.2 Å². The van der Waals surface area contributed by atoms with Crippen molar-refractivity contribution in [1.29, 1.82) is 0 Å². The summed E-state index contributed by atoms with van der Waals surface area (Å²) in [5.74, 6) is 1.05. The van der Waals surface area contributed by atoms with E-state index in [-0.39, 0.29) is 23.6 Å². The largest absolute Gasteiger partial charge is 0.459 e. The zero-order chi connectivity index (χ0) is 19.8. The SMILES string of the molecule is O=C(c1cnc2n(c1=O)CCS2)N(Cc1cc2ccccc2o1)c1ccccc1. The summed E-state index contributed by atoms with van der Waals surface area (Å²) >= 11 is 1.52. The molecule has 1 aliphatic rings. The molecule has 2 aromatic carbocycles. The number of carbonyl (C=O) groups excluding carboxylic acids is 1. The van der Waals surface area contributed by atoms with Crippen molar-refractivity contribution in [1.82, 2.24) is 9.55 Å². The van der Waals surface area contributed by atoms with Crippen LogP contribution in [0.25, 0.3) is 11.0 Å². The van der Waals surface area contributed by atoms with Gasteiger partial charge in [0.15, 0.2) is 5.16 Å². The smallest absolute Gasteiger partial charge is 0.267 e. The second kappa shape index (κ2) is 7.25. The van der Waals surface area contributed by atoms with Crippen molar-refractivity contribution in [3.8, 4) is 0 Å². The molecule has 1 aliphatic heterocycles. The molecular formula is C22H17N3O3S. The Morgan fingerprint density at radius 3 is 2.76 bits per heavy atom. The molecule has 2 aromatic heterocycles. The number of aromatic nitrogens is 2. The summed E-state index contributed by atoms with van der Waals surface area (Å²) in [6, 6.07) is 18.9. The van der Waals surface area contributed by atoms with Crippen LogP contribution in [-0.4, -0.2) is 21.2 Å². The number of furan rings is 1. The van der Waals surface area contributed by atoms with Crippen LogP contribution < -0.4 is 10.5 Å². The Labute approximate surface area is 170 Å². The van der Waals surface area contributed by atoms with Gasteiger partial charge in [0.05, 0.1) is 6.54 Å². The maximum Gasteiger partial charge on any atom is 0.267 e. The summed E-state index contributed by atoms with van der Waals surface area (Å²) in [7, 11) is 0. The number of anilines is 1. The minimum absolute atomic E-state index is 0.0659. The summed E-state index contributed by atoms with van der Waals surface area (Å²) in [4.78, 5) is 32.2. The average Bonchev–Trinajstić information content (AvgIpc) is 3.39. The Bertz CT molecular complexity index is 1230. The molecule has 3 heterocycles. The van der Waals surface area contributed by atoms with E-state index in [0.717, 1.165) is 16.7 Å². The van der Waals surface area contributed by atoms with E-state index in [0.29, 0.717) is 23.1 Å². The summed E-state index contributed by atoms with van der Waals surface area (Å²) in [5.41, 5.74) is 1.23. The second-order valence-corrected chi connectivity index (χ2v) is 7.80. The van der Waals surface area contributed by atoms with Gasteiger partial charge >= 0.3 is 0 Å². The monoisotopic (exact) mass is 403 g/mol. The number of hydrogen-bond donors (Lipinski definition) is 0. The van der Waals surface area contributed by atoms with Gasteiger partial charge in [-0.15, -0.1) is 0 Å². The lowest BCUT2D eigenvalue weighted by Gasteiger charge is -2.21. The zero-order valence-corrected chi connectivity index (χ0v) is 16.3. The highest BCUT2D eigenvalue weighted by molar-refractivity contribution is 7.99. The average molecular weight is 403 g/mol. The van der Waals surface area contributed by atoms with Gasteiger partial charge in [0.1, 0.15) is 16.9 Å². The highest BCUT2D eigenvalue weighted by Crippen LogP contribution is 2.25. The maximum atomic E-state index is 13.4. The lowest BCUT2D eigenvalue weighted by Crippen LogP contribution is -2.36. The third kappa shape index (κ3) is 3.23. The number of amides is 1. The number of para-hydroxylation sites is 2. The summed E-state index contributed by atoms with van der Waals surface area (Å²) in [6.45, 7) is 0.787. The molecule has 7 heteroatoms. The molecule has 0 spiro atoms. The Kier molecular flexibility index (Phi) is 4.44. The van der Waals surface area contributed by atoms with Gasteiger partial charge in [0.25, 0.3) is 11.5 Å². The van der Waals surface area contributed by atoms with Gasteiger partial charge in [0, 0.05) is 29.6 Å². The normalized spacial score (nSPS) is 12.8. The van der Waals surface area contributed by atoms with Crippen molar-refractivity contribution in [3.05, 3.63) is 88.5 Å². The number of benzene rings is 2. The first-order valence-corrected chi connectivity index (χ1v) is 10.3. The number of rotatable bonds is 4. The molecule has 4 aromatic rings. The Balaban J connectivity index is 1.56. The number of nitrogens with zero attached hydrogens (tertiary/aromatic N) is 3. The van der Waals surface area contributed by atoms with Crippen LogP contribution in [0.4, 0.5) is 5.69 Å². The predicted molar refractivity (Wildman–Crippen MR) is 112 cm³/mol. The van der Waals surface area contributed by atoms with Crippen LogP contribution in [-0.2, 0) is 13.1 Å². The van der Waals surface area contributed by atoms with Gasteiger partial charge in [-0.1, -0.05) is 48.2 Å². The van der Waals surface area contributed by atoms with Gasteiger partial charge in [-0.2, -0.15) is 0 Å². The third-order valence-corrected chi connectivity index (χ3v) is 5.86. The number of carbonyl (C=O) groups is 1. The topological polar surface area (TPSA) is 68.3 Å². The van der Waals surface area contributed by atoms with Crippen molar-refractivity contribution in [3.63, 3.8) is 0 Å². The van der Waals surface area contributed by atoms with Crippen LogP contribution in [0.3, 0.4) is 0 Å². The van der Waals surface area contributed by atoms with E-state index in [1.54, 1.807) is 9.47 Å². The molecule has 0 fully saturated rings. The van der Waals surface area contributed by atoms with E-state index >= 15 is 0 Å². The van der Waals surface area contributed by atoms with Crippen LogP contribution in [0.5, 0.6) is 0 Å². The quantitative estimate of drug-likeness (QED) is 0.483. The standard InChI is InChI=1S/C22H17N3O3S/c26-20-18(13-23-22-24(20)10-11-29-22)21(27)25(16-7-2-1-3-8-16)14-17-12-15-6-4-5-9-19(15)28-17/h1-9,12-13H,10-11,14H2. The van der Waals surface area contributed by atoms with E-state index in [9.17, 15) is 9.59 Å². The Hall–Kier alpha value is -3.32. The van der Waals surface area contributed by atoms with Crippen molar-refractivity contribution >= 4 is 34.3 Å². The summed E-state index contributed by atoms with van der Waals surface area (Å²) in [5, 5.41) is 1.63. The van der Waals surface area contributed by atoms with Crippen LogP contribution in [0, 0.1) is 0 Å². The Morgan fingerprint density at radius 2 is 1.93 bits per heavy atom. The van der Waals surface area contributed by atoms with E-state index in [4.69, 9.17) is 4.42 Å². The predicted octanol–water partition coefficient (Wildman–Crippen LogP) is 3.94. The first kappa shape index (κ1) is 17.8. The molecule has 29 heavy (non-hydrogen) atoms. The fourth-order valence-corrected chi connectivity index (χ4v) is 4.38. The van der Waals surface area contributed by atoms with E-state index in [1.807, 2.05) is 60.7 Å². The van der Waals surface area contributed by atoms with Crippen molar-refractivity contribution < 1.29 is 9.21 Å². The number of thioether (sulfide) groups is 1. The molecular weight excluding hydrogens is 386 g/mol. The Morgan fingerprint density at radius 1 is 1.14 bits per heavy atom. The molecule has 0 atom stereocenters. The summed E-state index contributed by atoms with van der Waals surface area (Å²) < 4.78 is 7.49. The zero-order valence-electron chi connectivity index (χ0n) is 15.4. The van der Waals surface area contributed by atoms with Crippen molar-refractivity contribution in [2.45, 2.75) is 18.2 Å². The fourth-order valence-electron chi connectivity index (χ4n) is 3.47. The first-order valence-electron chi connectivity index (χ1n) is 9.28. The van der Waals surface area contributed by atoms with Gasteiger partial charge in [-0.05, 0) is 24.3 Å². The summed E-state index contributed by atoms with van der Waals surface area (Å²) in [6.07, 6.45) is 1.39. The molecule has 0 bridgehead atoms. The van der Waals surface area contributed by atoms with Gasteiger partial charge < -0.3 is 9.32 Å². The first-order chi connectivity index (χ1) is 14.2. The molecule has 5 rings (SSSR count). The third-order valence-electron chi connectivity index (χ3n) is 4.89. The van der Waals surface area contributed by atoms with Gasteiger partial charge in [0.2, 0.25) is 0 Å². The molecule has 0 aliphatic carbocycles. The maximum absolute atomic E-state index is 13.4. The highest BCUT2D eigenvalue weighted by Gasteiger charge is 2.25. The second-order valence-electron chi connectivity index (χ2n) is 6.74. The number of fused-ring (bicyclic) bond motifs is 2. The van der Waals surface area contributed by atoms with Crippen LogP contribution >= 0.6 is 11.8 Å². The number of hydrogen-bond acceptors (Lipinski definition) is 5. The lowest BCUT2D eigenvalue weighted by molar-refractivity contribution is 0.0980. The molecule has 1 amide bonds. The fraction of sp³-hybridized carbons (Fsp3) is 0.136. The van der Waals surface area contributed by atoms with E-state index in [2.05, 4.69) is 4.98 Å². The van der Waals surface area contributed by atoms with Gasteiger partial charge in [-0.25, -0.2) is 4.98 Å². The molecule has 0 saturated carbocycles. The van der Waals surface area contributed by atoms with Crippen molar-refractivity contribution in [2.75, 3.05) is 10.7 Å². The molecule has 144 valence electrons. The molecule has 0 saturated heterocycles. The molecule has 0 N–H and O–H groups in total. The highest BCUT2D eigenvalue weighted by atomic mass is 32.2. The minimum atomic E-state index is -0.388. The molecule has 0 unspecified atom stereocenters. The van der Waals surface area contributed by atoms with E-state index < -0.39 is 0 Å². The molecule has 0 radical (unpaired) electrons. The molecule has 6 nitrogen and oxygen atoms in total. The van der Waals surface area contributed by atoms with E-state index in [1.165, 1.54) is 18.0 Å². The van der Waals surface area contributed by atoms with Crippen molar-refractivity contribution in [2.24, 2.45) is 0 Å². The van der Waals surface area contributed by atoms with Crippen LogP contribution in [0.1, 0.15) is 16.1 Å². The lowest BCUT2D eigenvalue weighted by atomic mass is 10.2.